The first-order valence-electron chi connectivity index (χ1n) is 8.78. The highest BCUT2D eigenvalue weighted by atomic mass is 35.5. The number of alkyl halides is 3. The number of hydrogen-bond donors (Lipinski definition) is 0. The van der Waals surface area contributed by atoms with Crippen molar-refractivity contribution in [3.63, 3.8) is 0 Å². The van der Waals surface area contributed by atoms with E-state index in [-0.39, 0.29) is 16.5 Å². The third-order valence-electron chi connectivity index (χ3n) is 4.55. The van der Waals surface area contributed by atoms with Gasteiger partial charge in [-0.3, -0.25) is 14.7 Å². The maximum atomic E-state index is 12.9. The van der Waals surface area contributed by atoms with Crippen LogP contribution in [0.3, 0.4) is 0 Å². The molecule has 1 fully saturated rings. The minimum Gasteiger partial charge on any atom is -0.337 e. The largest absolute Gasteiger partial charge is 0.417 e. The van der Waals surface area contributed by atoms with Gasteiger partial charge in [0.15, 0.2) is 0 Å². The van der Waals surface area contributed by atoms with E-state index in [0.717, 1.165) is 31.3 Å². The molecular weight excluding hydrogens is 391 g/mol. The van der Waals surface area contributed by atoms with Crippen LogP contribution in [0, 0.1) is 0 Å². The quantitative estimate of drug-likeness (QED) is 0.713. The zero-order valence-corrected chi connectivity index (χ0v) is 15.7. The summed E-state index contributed by atoms with van der Waals surface area (Å²) in [5.41, 5.74) is 0.535. The predicted molar refractivity (Wildman–Crippen MR) is 102 cm³/mol. The molecule has 1 saturated heterocycles. The van der Waals surface area contributed by atoms with Gasteiger partial charge in [-0.1, -0.05) is 17.7 Å². The maximum Gasteiger partial charge on any atom is 0.417 e. The third kappa shape index (κ3) is 5.33. The average molecular weight is 410 g/mol. The molecule has 1 aliphatic rings. The van der Waals surface area contributed by atoms with E-state index in [1.54, 1.807) is 17.3 Å². The molecule has 28 heavy (non-hydrogen) atoms. The Morgan fingerprint density at radius 2 is 1.79 bits per heavy atom. The van der Waals surface area contributed by atoms with Crippen molar-refractivity contribution in [2.75, 3.05) is 26.2 Å². The number of rotatable bonds is 4. The lowest BCUT2D eigenvalue weighted by Gasteiger charge is -2.34. The van der Waals surface area contributed by atoms with Gasteiger partial charge in [0.25, 0.3) is 0 Å². The molecule has 8 heteroatoms. The van der Waals surface area contributed by atoms with E-state index in [9.17, 15) is 18.0 Å². The molecule has 2 aromatic rings. The van der Waals surface area contributed by atoms with E-state index in [0.29, 0.717) is 13.1 Å². The van der Waals surface area contributed by atoms with Crippen molar-refractivity contribution in [1.29, 1.82) is 0 Å². The van der Waals surface area contributed by atoms with Crippen molar-refractivity contribution < 1.29 is 18.0 Å². The average Bonchev–Trinajstić information content (AvgIpc) is 2.67. The van der Waals surface area contributed by atoms with Gasteiger partial charge in [0, 0.05) is 51.2 Å². The first-order valence-corrected chi connectivity index (χ1v) is 9.16. The second-order valence-corrected chi connectivity index (χ2v) is 6.93. The number of carbonyl (C=O) groups excluding carboxylic acids is 1. The molecule has 4 nitrogen and oxygen atoms in total. The Morgan fingerprint density at radius 3 is 2.43 bits per heavy atom. The molecule has 0 N–H and O–H groups in total. The Bertz CT molecular complexity index is 848. The van der Waals surface area contributed by atoms with Gasteiger partial charge in [0.2, 0.25) is 5.91 Å². The van der Waals surface area contributed by atoms with Crippen LogP contribution < -0.4 is 0 Å². The number of pyridine rings is 1. The molecule has 1 aliphatic heterocycles. The fourth-order valence-corrected chi connectivity index (χ4v) is 3.23. The number of carbonyl (C=O) groups is 1. The number of aromatic nitrogens is 1. The predicted octanol–water partition coefficient (Wildman–Crippen LogP) is 4.11. The van der Waals surface area contributed by atoms with Gasteiger partial charge < -0.3 is 4.90 Å². The number of halogens is 4. The van der Waals surface area contributed by atoms with Crippen LogP contribution in [0.1, 0.15) is 16.7 Å². The molecule has 1 aromatic heterocycles. The zero-order chi connectivity index (χ0) is 20.1. The lowest BCUT2D eigenvalue weighted by Crippen LogP contribution is -2.47. The number of hydrogen-bond acceptors (Lipinski definition) is 3. The summed E-state index contributed by atoms with van der Waals surface area (Å²) in [5, 5.41) is -0.360. The highest BCUT2D eigenvalue weighted by Gasteiger charge is 2.33. The van der Waals surface area contributed by atoms with E-state index in [1.165, 1.54) is 24.3 Å². The van der Waals surface area contributed by atoms with E-state index in [4.69, 9.17) is 11.6 Å². The molecule has 2 heterocycles. The summed E-state index contributed by atoms with van der Waals surface area (Å²) in [5.74, 6) is -0.216. The Morgan fingerprint density at radius 1 is 1.11 bits per heavy atom. The van der Waals surface area contributed by atoms with Crippen molar-refractivity contribution in [2.45, 2.75) is 12.7 Å². The highest BCUT2D eigenvalue weighted by Crippen LogP contribution is 2.35. The molecule has 0 atom stereocenters. The summed E-state index contributed by atoms with van der Waals surface area (Å²) in [6.45, 7) is 3.42. The number of benzene rings is 1. The highest BCUT2D eigenvalue weighted by molar-refractivity contribution is 6.31. The molecular formula is C20H19ClF3N3O. The SMILES string of the molecule is O=C(C=Cc1ccc(Cl)c(C(F)(F)F)c1)N1CCN(Cc2ccncc2)CC1. The second kappa shape index (κ2) is 8.75. The fraction of sp³-hybridized carbons (Fsp3) is 0.300. The van der Waals surface area contributed by atoms with Crippen LogP contribution >= 0.6 is 11.6 Å². The lowest BCUT2D eigenvalue weighted by molar-refractivity contribution is -0.137. The van der Waals surface area contributed by atoms with Crippen molar-refractivity contribution in [1.82, 2.24) is 14.8 Å². The van der Waals surface area contributed by atoms with Gasteiger partial charge >= 0.3 is 6.18 Å². The summed E-state index contributed by atoms with van der Waals surface area (Å²) in [6.07, 6.45) is 1.66. The summed E-state index contributed by atoms with van der Waals surface area (Å²) in [4.78, 5) is 20.3. The summed E-state index contributed by atoms with van der Waals surface area (Å²) in [6, 6.07) is 7.50. The molecule has 0 radical (unpaired) electrons. The van der Waals surface area contributed by atoms with Gasteiger partial charge in [0.1, 0.15) is 0 Å². The summed E-state index contributed by atoms with van der Waals surface area (Å²) >= 11 is 5.61. The summed E-state index contributed by atoms with van der Waals surface area (Å²) in [7, 11) is 0. The van der Waals surface area contributed by atoms with Crippen LogP contribution in [-0.4, -0.2) is 46.9 Å². The Labute approximate surface area is 166 Å². The monoisotopic (exact) mass is 409 g/mol. The molecule has 0 saturated carbocycles. The van der Waals surface area contributed by atoms with Gasteiger partial charge in [-0.2, -0.15) is 13.2 Å². The van der Waals surface area contributed by atoms with Gasteiger partial charge in [-0.05, 0) is 41.5 Å². The molecule has 0 aliphatic carbocycles. The maximum absolute atomic E-state index is 12.9. The lowest BCUT2D eigenvalue weighted by atomic mass is 10.1. The van der Waals surface area contributed by atoms with E-state index < -0.39 is 11.7 Å². The number of amides is 1. The molecule has 0 bridgehead atoms. The molecule has 1 amide bonds. The Kier molecular flexibility index (Phi) is 6.36. The molecule has 0 spiro atoms. The van der Waals surface area contributed by atoms with Crippen molar-refractivity contribution in [3.8, 4) is 0 Å². The standard InChI is InChI=1S/C20H19ClF3N3O/c21-18-3-1-15(13-17(18)20(22,23)24)2-4-19(28)27-11-9-26(10-12-27)14-16-5-7-25-8-6-16/h1-8,13H,9-12,14H2. The van der Waals surface area contributed by atoms with E-state index >= 15 is 0 Å². The van der Waals surface area contributed by atoms with Crippen LogP contribution in [0.5, 0.6) is 0 Å². The number of nitrogens with zero attached hydrogens (tertiary/aromatic N) is 3. The van der Waals surface area contributed by atoms with Crippen LogP contribution in [0.2, 0.25) is 5.02 Å². The smallest absolute Gasteiger partial charge is 0.337 e. The molecule has 148 valence electrons. The minimum atomic E-state index is -4.53. The number of piperazine rings is 1. The van der Waals surface area contributed by atoms with Crippen LogP contribution in [0.15, 0.2) is 48.8 Å². The first-order chi connectivity index (χ1) is 13.3. The van der Waals surface area contributed by atoms with Crippen molar-refractivity contribution in [3.05, 3.63) is 70.5 Å². The van der Waals surface area contributed by atoms with E-state index in [1.807, 2.05) is 12.1 Å². The van der Waals surface area contributed by atoms with Crippen LogP contribution in [-0.2, 0) is 17.5 Å². The first kappa shape index (κ1) is 20.4. The Balaban J connectivity index is 1.56. The van der Waals surface area contributed by atoms with E-state index in [2.05, 4.69) is 9.88 Å². The van der Waals surface area contributed by atoms with Gasteiger partial charge in [0.05, 0.1) is 10.6 Å². The Hall–Kier alpha value is -2.38. The fourth-order valence-electron chi connectivity index (χ4n) is 3.01. The minimum absolute atomic E-state index is 0.216. The molecule has 0 unspecified atom stereocenters. The zero-order valence-electron chi connectivity index (χ0n) is 15.0. The second-order valence-electron chi connectivity index (χ2n) is 6.53. The topological polar surface area (TPSA) is 36.4 Å². The van der Waals surface area contributed by atoms with Gasteiger partial charge in [-0.25, -0.2) is 0 Å². The van der Waals surface area contributed by atoms with Crippen LogP contribution in [0.4, 0.5) is 13.2 Å². The normalized spacial score (nSPS) is 15.9. The van der Waals surface area contributed by atoms with Crippen molar-refractivity contribution >= 4 is 23.6 Å². The molecule has 1 aromatic carbocycles. The summed E-state index contributed by atoms with van der Waals surface area (Å²) < 4.78 is 38.8. The third-order valence-corrected chi connectivity index (χ3v) is 4.88. The molecule has 3 rings (SSSR count). The van der Waals surface area contributed by atoms with Crippen LogP contribution in [0.25, 0.3) is 6.08 Å². The van der Waals surface area contributed by atoms with Crippen molar-refractivity contribution in [2.24, 2.45) is 0 Å². The van der Waals surface area contributed by atoms with Gasteiger partial charge in [-0.15, -0.1) is 0 Å².